The maximum atomic E-state index is 12.1. The van der Waals surface area contributed by atoms with Crippen LogP contribution in [0.1, 0.15) is 71.1 Å². The highest BCUT2D eigenvalue weighted by molar-refractivity contribution is 5.71. The van der Waals surface area contributed by atoms with Crippen LogP contribution in [-0.2, 0) is 7.05 Å². The summed E-state index contributed by atoms with van der Waals surface area (Å²) in [6, 6.07) is 0. The fourth-order valence-corrected chi connectivity index (χ4v) is 3.85. The zero-order valence-electron chi connectivity index (χ0n) is 17.2. The molecule has 0 fully saturated rings. The second-order valence-electron chi connectivity index (χ2n) is 7.91. The van der Waals surface area contributed by atoms with Crippen LogP contribution in [0.3, 0.4) is 0 Å². The van der Waals surface area contributed by atoms with Crippen molar-refractivity contribution in [3.8, 4) is 0 Å². The Balaban J connectivity index is 1.63. The number of unbranched alkanes of at least 4 members (excludes halogenated alkanes) is 8. The van der Waals surface area contributed by atoms with Crippen molar-refractivity contribution in [2.75, 3.05) is 30.1 Å². The maximum absolute atomic E-state index is 12.1. The molecule has 1 aromatic rings. The number of aliphatic hydroxyl groups is 1. The van der Waals surface area contributed by atoms with Gasteiger partial charge in [0.25, 0.3) is 5.56 Å². The number of aliphatic hydroxyl groups excluding tert-OH is 1. The van der Waals surface area contributed by atoms with E-state index >= 15 is 0 Å². The van der Waals surface area contributed by atoms with Crippen molar-refractivity contribution < 1.29 is 5.11 Å². The van der Waals surface area contributed by atoms with E-state index < -0.39 is 0 Å². The first-order chi connectivity index (χ1) is 12.9. The molecule has 1 unspecified atom stereocenters. The van der Waals surface area contributed by atoms with Gasteiger partial charge in [0, 0.05) is 20.6 Å². The predicted molar refractivity (Wildman–Crippen MR) is 111 cm³/mol. The van der Waals surface area contributed by atoms with Crippen molar-refractivity contribution in [2.24, 2.45) is 7.05 Å². The van der Waals surface area contributed by atoms with Crippen LogP contribution in [-0.4, -0.2) is 41.0 Å². The van der Waals surface area contributed by atoms with Crippen LogP contribution < -0.4 is 21.0 Å². The topological polar surface area (TPSA) is 81.6 Å². The Morgan fingerprint density at radius 1 is 0.963 bits per heavy atom. The minimum Gasteiger partial charge on any atom is -0.393 e. The molecule has 0 bridgehead atoms. The molecular weight excluding hydrogens is 344 g/mol. The Labute approximate surface area is 162 Å². The number of rotatable bonds is 12. The molecule has 1 aliphatic rings. The van der Waals surface area contributed by atoms with Gasteiger partial charge < -0.3 is 14.9 Å². The van der Waals surface area contributed by atoms with E-state index in [-0.39, 0.29) is 17.4 Å². The number of H-pyrrole nitrogens is 1. The summed E-state index contributed by atoms with van der Waals surface area (Å²) >= 11 is 0. The molecule has 7 heteroatoms. The SMILES string of the molecule is CC(O)CCCCCCCCCCCN1CN(C)c2c1n(C)c(=O)[nH]c2=O. The normalized spacial score (nSPS) is 14.7. The molecule has 1 atom stereocenters. The average Bonchev–Trinajstić information content (AvgIpc) is 2.94. The number of anilines is 2. The van der Waals surface area contributed by atoms with Crippen LogP contribution in [0.2, 0.25) is 0 Å². The van der Waals surface area contributed by atoms with E-state index in [1.165, 1.54) is 49.5 Å². The summed E-state index contributed by atoms with van der Waals surface area (Å²) in [6.07, 6.45) is 11.7. The Bertz CT molecular complexity index is 695. The van der Waals surface area contributed by atoms with Crippen LogP contribution >= 0.6 is 0 Å². The van der Waals surface area contributed by atoms with E-state index in [4.69, 9.17) is 0 Å². The summed E-state index contributed by atoms with van der Waals surface area (Å²) in [4.78, 5) is 30.4. The highest BCUT2D eigenvalue weighted by Gasteiger charge is 2.28. The standard InChI is InChI=1S/C20H36N4O3/c1-16(25)13-11-9-7-5-4-6-8-10-12-14-24-15-22(2)17-18(26)21-20(27)23(3)19(17)24/h16,25H,4-15H2,1-3H3,(H,21,26,27). The van der Waals surface area contributed by atoms with Crippen molar-refractivity contribution >= 4 is 11.5 Å². The molecule has 0 aromatic carbocycles. The Kier molecular flexibility index (Phi) is 8.41. The predicted octanol–water partition coefficient (Wildman–Crippen LogP) is 2.57. The summed E-state index contributed by atoms with van der Waals surface area (Å²) in [5.74, 6) is 0.739. The molecule has 2 rings (SSSR count). The zero-order chi connectivity index (χ0) is 19.8. The molecule has 0 amide bonds. The van der Waals surface area contributed by atoms with E-state index in [0.717, 1.165) is 31.6 Å². The summed E-state index contributed by atoms with van der Waals surface area (Å²) in [6.45, 7) is 3.38. The molecule has 2 heterocycles. The lowest BCUT2D eigenvalue weighted by Crippen LogP contribution is -2.32. The van der Waals surface area contributed by atoms with Crippen LogP contribution in [0.4, 0.5) is 11.5 Å². The molecule has 0 saturated heterocycles. The van der Waals surface area contributed by atoms with Gasteiger partial charge in [0.2, 0.25) is 0 Å². The van der Waals surface area contributed by atoms with Gasteiger partial charge in [-0.05, 0) is 19.8 Å². The highest BCUT2D eigenvalue weighted by atomic mass is 16.3. The number of nitrogens with one attached hydrogen (secondary N) is 1. The minimum atomic E-state index is -0.354. The molecule has 7 nitrogen and oxygen atoms in total. The summed E-state index contributed by atoms with van der Waals surface area (Å²) in [5.41, 5.74) is -0.0632. The summed E-state index contributed by atoms with van der Waals surface area (Å²) < 4.78 is 1.54. The van der Waals surface area contributed by atoms with Crippen molar-refractivity contribution in [2.45, 2.75) is 77.2 Å². The molecule has 0 radical (unpaired) electrons. The first-order valence-corrected chi connectivity index (χ1v) is 10.4. The minimum absolute atomic E-state index is 0.159. The number of aromatic nitrogens is 2. The van der Waals surface area contributed by atoms with E-state index in [0.29, 0.717) is 12.4 Å². The monoisotopic (exact) mass is 380 g/mol. The summed E-state index contributed by atoms with van der Waals surface area (Å²) in [7, 11) is 3.60. The van der Waals surface area contributed by atoms with Gasteiger partial charge >= 0.3 is 5.69 Å². The van der Waals surface area contributed by atoms with Gasteiger partial charge in [0.05, 0.1) is 12.8 Å². The van der Waals surface area contributed by atoms with Crippen molar-refractivity contribution in [3.63, 3.8) is 0 Å². The van der Waals surface area contributed by atoms with Gasteiger partial charge in [-0.2, -0.15) is 0 Å². The molecule has 0 saturated carbocycles. The van der Waals surface area contributed by atoms with Gasteiger partial charge in [-0.15, -0.1) is 0 Å². The van der Waals surface area contributed by atoms with Crippen molar-refractivity contribution in [1.29, 1.82) is 0 Å². The third kappa shape index (κ3) is 6.13. The van der Waals surface area contributed by atoms with Gasteiger partial charge in [0.15, 0.2) is 0 Å². The second kappa shape index (κ2) is 10.5. The van der Waals surface area contributed by atoms with Gasteiger partial charge in [-0.25, -0.2) is 4.79 Å². The van der Waals surface area contributed by atoms with Crippen LogP contribution in [0, 0.1) is 0 Å². The van der Waals surface area contributed by atoms with Crippen molar-refractivity contribution in [1.82, 2.24) is 9.55 Å². The molecule has 154 valence electrons. The molecular formula is C20H36N4O3. The molecule has 0 spiro atoms. The Hall–Kier alpha value is -1.76. The first kappa shape index (κ1) is 21.5. The third-order valence-corrected chi connectivity index (χ3v) is 5.38. The van der Waals surface area contributed by atoms with E-state index in [2.05, 4.69) is 9.88 Å². The van der Waals surface area contributed by atoms with Gasteiger partial charge in [-0.1, -0.05) is 51.4 Å². The van der Waals surface area contributed by atoms with E-state index in [9.17, 15) is 14.7 Å². The highest BCUT2D eigenvalue weighted by Crippen LogP contribution is 2.29. The lowest BCUT2D eigenvalue weighted by molar-refractivity contribution is 0.180. The van der Waals surface area contributed by atoms with Crippen LogP contribution in [0.25, 0.3) is 0 Å². The Morgan fingerprint density at radius 2 is 1.52 bits per heavy atom. The van der Waals surface area contributed by atoms with E-state index in [1.807, 2.05) is 18.9 Å². The van der Waals surface area contributed by atoms with Crippen molar-refractivity contribution in [3.05, 3.63) is 20.8 Å². The third-order valence-electron chi connectivity index (χ3n) is 5.38. The fourth-order valence-electron chi connectivity index (χ4n) is 3.85. The summed E-state index contributed by atoms with van der Waals surface area (Å²) in [5, 5.41) is 9.23. The molecule has 0 aliphatic carbocycles. The number of fused-ring (bicyclic) bond motifs is 1. The molecule has 27 heavy (non-hydrogen) atoms. The number of nitrogens with zero attached hydrogens (tertiary/aromatic N) is 3. The largest absolute Gasteiger partial charge is 0.393 e. The second-order valence-corrected chi connectivity index (χ2v) is 7.91. The number of hydrogen-bond donors (Lipinski definition) is 2. The first-order valence-electron chi connectivity index (χ1n) is 10.4. The quantitative estimate of drug-likeness (QED) is 0.545. The molecule has 1 aromatic heterocycles. The van der Waals surface area contributed by atoms with E-state index in [1.54, 1.807) is 7.05 Å². The number of hydrogen-bond acceptors (Lipinski definition) is 5. The lowest BCUT2D eigenvalue weighted by atomic mass is 10.1. The smallest absolute Gasteiger partial charge is 0.329 e. The molecule has 1 aliphatic heterocycles. The maximum Gasteiger partial charge on any atom is 0.329 e. The van der Waals surface area contributed by atoms with Crippen LogP contribution in [0.15, 0.2) is 9.59 Å². The molecule has 2 N–H and O–H groups in total. The van der Waals surface area contributed by atoms with Gasteiger partial charge in [-0.3, -0.25) is 14.3 Å². The van der Waals surface area contributed by atoms with Crippen LogP contribution in [0.5, 0.6) is 0 Å². The van der Waals surface area contributed by atoms with Gasteiger partial charge in [0.1, 0.15) is 11.5 Å². The Morgan fingerprint density at radius 3 is 2.11 bits per heavy atom. The lowest BCUT2D eigenvalue weighted by Gasteiger charge is -2.20. The zero-order valence-corrected chi connectivity index (χ0v) is 17.2. The average molecular weight is 381 g/mol. The fraction of sp³-hybridized carbons (Fsp3) is 0.800. The number of aromatic amines is 1.